The fourth-order valence-corrected chi connectivity index (χ4v) is 3.86. The molecule has 1 aliphatic heterocycles. The van der Waals surface area contributed by atoms with Crippen LogP contribution in [0.3, 0.4) is 0 Å². The average Bonchev–Trinajstić information content (AvgIpc) is 3.18. The molecule has 1 N–H and O–H groups in total. The molecule has 3 aromatic rings. The van der Waals surface area contributed by atoms with Crippen molar-refractivity contribution >= 4 is 10.9 Å². The smallest absolute Gasteiger partial charge is 0.307 e. The maximum Gasteiger partial charge on any atom is 0.328 e. The Morgan fingerprint density at radius 3 is 2.50 bits per heavy atom. The van der Waals surface area contributed by atoms with Gasteiger partial charge in [-0.3, -0.25) is 14.3 Å². The maximum absolute atomic E-state index is 13.0. The van der Waals surface area contributed by atoms with E-state index in [9.17, 15) is 9.59 Å². The molecule has 2 aromatic carbocycles. The van der Waals surface area contributed by atoms with Crippen LogP contribution in [0.4, 0.5) is 0 Å². The number of nitrogens with one attached hydrogen (secondary N) is 1. The number of aryl methyl sites for hydroxylation is 1. The Morgan fingerprint density at radius 2 is 1.77 bits per heavy atom. The summed E-state index contributed by atoms with van der Waals surface area (Å²) in [6, 6.07) is 15.7. The highest BCUT2D eigenvalue weighted by molar-refractivity contribution is 5.77. The minimum Gasteiger partial charge on any atom is -0.307 e. The van der Waals surface area contributed by atoms with E-state index in [1.165, 1.54) is 4.57 Å². The molecule has 0 amide bonds. The molecule has 5 nitrogen and oxygen atoms in total. The summed E-state index contributed by atoms with van der Waals surface area (Å²) in [5, 5.41) is 0.567. The number of hydrogen-bond acceptors (Lipinski definition) is 3. The van der Waals surface area contributed by atoms with Gasteiger partial charge < -0.3 is 4.98 Å². The number of rotatable bonds is 4. The Kier molecular flexibility index (Phi) is 4.47. The van der Waals surface area contributed by atoms with Crippen LogP contribution in [0.15, 0.2) is 58.1 Å². The highest BCUT2D eigenvalue weighted by Crippen LogP contribution is 2.26. The summed E-state index contributed by atoms with van der Waals surface area (Å²) < 4.78 is 1.36. The zero-order valence-electron chi connectivity index (χ0n) is 14.9. The van der Waals surface area contributed by atoms with Crippen molar-refractivity contribution in [1.29, 1.82) is 0 Å². The quantitative estimate of drug-likeness (QED) is 0.788. The molecule has 0 aliphatic carbocycles. The van der Waals surface area contributed by atoms with Crippen LogP contribution in [0.25, 0.3) is 10.9 Å². The Morgan fingerprint density at radius 1 is 1.04 bits per heavy atom. The highest BCUT2D eigenvalue weighted by atomic mass is 16.2. The van der Waals surface area contributed by atoms with E-state index in [1.807, 2.05) is 37.3 Å². The predicted molar refractivity (Wildman–Crippen MR) is 104 cm³/mol. The van der Waals surface area contributed by atoms with Gasteiger partial charge in [0.15, 0.2) is 0 Å². The van der Waals surface area contributed by atoms with Crippen molar-refractivity contribution < 1.29 is 0 Å². The number of aromatic nitrogens is 2. The van der Waals surface area contributed by atoms with E-state index in [4.69, 9.17) is 0 Å². The summed E-state index contributed by atoms with van der Waals surface area (Å²) in [4.78, 5) is 30.9. The van der Waals surface area contributed by atoms with Crippen molar-refractivity contribution in [2.24, 2.45) is 0 Å². The Balaban J connectivity index is 1.80. The lowest BCUT2D eigenvalue weighted by atomic mass is 10.1. The van der Waals surface area contributed by atoms with Gasteiger partial charge in [-0.15, -0.1) is 0 Å². The third-order valence-electron chi connectivity index (χ3n) is 5.26. The molecule has 26 heavy (non-hydrogen) atoms. The third-order valence-corrected chi connectivity index (χ3v) is 5.26. The number of benzene rings is 2. The molecule has 1 aliphatic rings. The lowest BCUT2D eigenvalue weighted by Gasteiger charge is -2.28. The van der Waals surface area contributed by atoms with Crippen LogP contribution in [0, 0.1) is 6.92 Å². The van der Waals surface area contributed by atoms with Gasteiger partial charge in [-0.25, -0.2) is 4.79 Å². The molecule has 1 atom stereocenters. The zero-order chi connectivity index (χ0) is 18.1. The molecule has 1 unspecified atom stereocenters. The number of aromatic amines is 1. The van der Waals surface area contributed by atoms with Crippen LogP contribution in [0.5, 0.6) is 0 Å². The number of hydrogen-bond donors (Lipinski definition) is 1. The van der Waals surface area contributed by atoms with Crippen molar-refractivity contribution in [3.63, 3.8) is 0 Å². The summed E-state index contributed by atoms with van der Waals surface area (Å²) in [6.45, 7) is 4.31. The molecule has 0 bridgehead atoms. The van der Waals surface area contributed by atoms with Gasteiger partial charge in [-0.1, -0.05) is 42.0 Å². The summed E-state index contributed by atoms with van der Waals surface area (Å²) in [5.74, 6) is 0. The van der Waals surface area contributed by atoms with Crippen LogP contribution >= 0.6 is 0 Å². The van der Waals surface area contributed by atoms with Gasteiger partial charge in [-0.05, 0) is 50.6 Å². The van der Waals surface area contributed by atoms with Gasteiger partial charge in [-0.2, -0.15) is 0 Å². The normalized spacial score (nSPS) is 16.2. The molecule has 5 heteroatoms. The van der Waals surface area contributed by atoms with Gasteiger partial charge >= 0.3 is 5.69 Å². The van der Waals surface area contributed by atoms with Gasteiger partial charge in [0.2, 0.25) is 0 Å². The molecular weight excluding hydrogens is 326 g/mol. The standard InChI is InChI=1S/C21H23N3O2/c1-15-9-10-18-17(13-15)20(25)24(21(26)22-18)14-19(23-11-5-6-12-23)16-7-3-2-4-8-16/h2-4,7-10,13,19H,5-6,11-12,14H2,1H3,(H,22,26). The fourth-order valence-electron chi connectivity index (χ4n) is 3.86. The predicted octanol–water partition coefficient (Wildman–Crippen LogP) is 2.84. The van der Waals surface area contributed by atoms with Crippen molar-refractivity contribution in [2.75, 3.05) is 13.1 Å². The van der Waals surface area contributed by atoms with E-state index in [1.54, 1.807) is 6.07 Å². The van der Waals surface area contributed by atoms with Crippen LogP contribution in [-0.2, 0) is 6.54 Å². The fraction of sp³-hybridized carbons (Fsp3) is 0.333. The molecule has 2 heterocycles. The second-order valence-corrected chi connectivity index (χ2v) is 7.06. The van der Waals surface area contributed by atoms with Crippen LogP contribution in [-0.4, -0.2) is 27.5 Å². The molecule has 4 rings (SSSR count). The zero-order valence-corrected chi connectivity index (χ0v) is 14.9. The lowest BCUT2D eigenvalue weighted by molar-refractivity contribution is 0.218. The largest absolute Gasteiger partial charge is 0.328 e. The topological polar surface area (TPSA) is 58.1 Å². The summed E-state index contributed by atoms with van der Waals surface area (Å²) in [6.07, 6.45) is 2.32. The van der Waals surface area contributed by atoms with Gasteiger partial charge in [0.05, 0.1) is 23.5 Å². The SMILES string of the molecule is Cc1ccc2[nH]c(=O)n(CC(c3ccccc3)N3CCCC3)c(=O)c2c1. The minimum atomic E-state index is -0.341. The molecule has 0 saturated carbocycles. The number of likely N-dealkylation sites (tertiary alicyclic amines) is 1. The van der Waals surface area contributed by atoms with E-state index >= 15 is 0 Å². The molecule has 1 aromatic heterocycles. The molecule has 0 spiro atoms. The van der Waals surface area contributed by atoms with Crippen LogP contribution in [0.1, 0.15) is 30.0 Å². The second kappa shape index (κ2) is 6.92. The van der Waals surface area contributed by atoms with E-state index < -0.39 is 0 Å². The number of nitrogens with zero attached hydrogens (tertiary/aromatic N) is 2. The van der Waals surface area contributed by atoms with E-state index in [-0.39, 0.29) is 17.3 Å². The van der Waals surface area contributed by atoms with Crippen molar-refractivity contribution in [3.05, 3.63) is 80.5 Å². The molecule has 134 valence electrons. The molecule has 1 fully saturated rings. The second-order valence-electron chi connectivity index (χ2n) is 7.06. The van der Waals surface area contributed by atoms with Gasteiger partial charge in [0.1, 0.15) is 0 Å². The summed E-state index contributed by atoms with van der Waals surface area (Å²) in [5.41, 5.74) is 2.19. The van der Waals surface area contributed by atoms with E-state index in [0.29, 0.717) is 17.4 Å². The van der Waals surface area contributed by atoms with Crippen LogP contribution in [0.2, 0.25) is 0 Å². The monoisotopic (exact) mass is 349 g/mol. The van der Waals surface area contributed by atoms with Crippen molar-refractivity contribution in [3.8, 4) is 0 Å². The first-order chi connectivity index (χ1) is 12.6. The maximum atomic E-state index is 13.0. The Hall–Kier alpha value is -2.66. The third kappa shape index (κ3) is 3.10. The van der Waals surface area contributed by atoms with E-state index in [2.05, 4.69) is 22.0 Å². The van der Waals surface area contributed by atoms with Crippen molar-refractivity contribution in [1.82, 2.24) is 14.5 Å². The molecular formula is C21H23N3O2. The molecule has 1 saturated heterocycles. The lowest BCUT2D eigenvalue weighted by Crippen LogP contribution is -2.40. The first kappa shape index (κ1) is 16.8. The van der Waals surface area contributed by atoms with Crippen molar-refractivity contribution in [2.45, 2.75) is 32.4 Å². The van der Waals surface area contributed by atoms with Crippen LogP contribution < -0.4 is 11.2 Å². The molecule has 0 radical (unpaired) electrons. The Bertz CT molecular complexity index is 1030. The number of fused-ring (bicyclic) bond motifs is 1. The number of H-pyrrole nitrogens is 1. The average molecular weight is 349 g/mol. The first-order valence-corrected chi connectivity index (χ1v) is 9.16. The van der Waals surface area contributed by atoms with Gasteiger partial charge in [0, 0.05) is 0 Å². The first-order valence-electron chi connectivity index (χ1n) is 9.16. The van der Waals surface area contributed by atoms with Gasteiger partial charge in [0.25, 0.3) is 5.56 Å². The minimum absolute atomic E-state index is 0.0276. The summed E-state index contributed by atoms with van der Waals surface area (Å²) in [7, 11) is 0. The van der Waals surface area contributed by atoms with E-state index in [0.717, 1.165) is 37.1 Å². The summed E-state index contributed by atoms with van der Waals surface area (Å²) >= 11 is 0. The Labute approximate surface area is 151 Å². The highest BCUT2D eigenvalue weighted by Gasteiger charge is 2.25.